The normalized spacial score (nSPS) is 16.9. The van der Waals surface area contributed by atoms with Gasteiger partial charge in [-0.25, -0.2) is 8.42 Å². The molecule has 0 unspecified atom stereocenters. The number of aryl methyl sites for hydroxylation is 1. The SMILES string of the molecule is O=C(NCc1cccnc1)[C@H](CCc1ccccc1)OC(=O)[C@@H]1CCCCN1S(=O)(=O)Cc1ccccc1. The van der Waals surface area contributed by atoms with Crippen molar-refractivity contribution in [3.63, 3.8) is 0 Å². The highest BCUT2D eigenvalue weighted by Crippen LogP contribution is 2.25. The summed E-state index contributed by atoms with van der Waals surface area (Å²) in [4.78, 5) is 30.6. The molecule has 38 heavy (non-hydrogen) atoms. The average Bonchev–Trinajstić information content (AvgIpc) is 2.95. The van der Waals surface area contributed by atoms with Gasteiger partial charge in [-0.05, 0) is 54.9 Å². The van der Waals surface area contributed by atoms with Gasteiger partial charge in [-0.3, -0.25) is 14.6 Å². The third-order valence-electron chi connectivity index (χ3n) is 6.55. The second kappa shape index (κ2) is 13.3. The topological polar surface area (TPSA) is 106 Å². The molecule has 1 aromatic heterocycles. The van der Waals surface area contributed by atoms with Gasteiger partial charge in [0.05, 0.1) is 5.75 Å². The van der Waals surface area contributed by atoms with Gasteiger partial charge in [0.2, 0.25) is 10.0 Å². The zero-order valence-corrected chi connectivity index (χ0v) is 22.1. The monoisotopic (exact) mass is 535 g/mol. The number of carbonyl (C=O) groups excluding carboxylic acids is 2. The zero-order chi connectivity index (χ0) is 26.8. The molecule has 2 atom stereocenters. The average molecular weight is 536 g/mol. The van der Waals surface area contributed by atoms with E-state index in [-0.39, 0.29) is 25.3 Å². The highest BCUT2D eigenvalue weighted by atomic mass is 32.2. The number of hydrogen-bond acceptors (Lipinski definition) is 6. The van der Waals surface area contributed by atoms with Crippen LogP contribution in [0.25, 0.3) is 0 Å². The molecular weight excluding hydrogens is 502 g/mol. The van der Waals surface area contributed by atoms with E-state index in [1.54, 1.807) is 42.7 Å². The molecule has 3 aromatic rings. The Morgan fingerprint density at radius 1 is 0.947 bits per heavy atom. The minimum Gasteiger partial charge on any atom is -0.451 e. The van der Waals surface area contributed by atoms with Gasteiger partial charge in [0.1, 0.15) is 6.04 Å². The summed E-state index contributed by atoms with van der Waals surface area (Å²) in [5.41, 5.74) is 2.48. The van der Waals surface area contributed by atoms with Crippen molar-refractivity contribution in [2.24, 2.45) is 0 Å². The summed E-state index contributed by atoms with van der Waals surface area (Å²) < 4.78 is 33.6. The fraction of sp³-hybridized carbons (Fsp3) is 0.345. The number of nitrogens with zero attached hydrogens (tertiary/aromatic N) is 2. The number of pyridine rings is 1. The highest BCUT2D eigenvalue weighted by molar-refractivity contribution is 7.88. The number of rotatable bonds is 11. The van der Waals surface area contributed by atoms with Crippen LogP contribution in [0.4, 0.5) is 0 Å². The van der Waals surface area contributed by atoms with E-state index in [4.69, 9.17) is 4.74 Å². The number of amides is 1. The molecule has 1 fully saturated rings. The summed E-state index contributed by atoms with van der Waals surface area (Å²) in [6, 6.07) is 21.2. The summed E-state index contributed by atoms with van der Waals surface area (Å²) in [6.07, 6.45) is 4.79. The summed E-state index contributed by atoms with van der Waals surface area (Å²) in [5, 5.41) is 2.83. The Morgan fingerprint density at radius 3 is 2.32 bits per heavy atom. The van der Waals surface area contributed by atoms with Crippen LogP contribution in [0, 0.1) is 0 Å². The Kier molecular flexibility index (Phi) is 9.62. The van der Waals surface area contributed by atoms with Crippen molar-refractivity contribution >= 4 is 21.9 Å². The molecule has 8 nitrogen and oxygen atoms in total. The van der Waals surface area contributed by atoms with Crippen molar-refractivity contribution in [2.75, 3.05) is 6.54 Å². The van der Waals surface area contributed by atoms with Gasteiger partial charge in [0.15, 0.2) is 6.10 Å². The molecule has 1 aliphatic heterocycles. The lowest BCUT2D eigenvalue weighted by atomic mass is 10.0. The van der Waals surface area contributed by atoms with Crippen LogP contribution in [0.15, 0.2) is 85.2 Å². The van der Waals surface area contributed by atoms with Gasteiger partial charge in [-0.1, -0.05) is 66.7 Å². The van der Waals surface area contributed by atoms with Crippen molar-refractivity contribution in [1.29, 1.82) is 0 Å². The standard InChI is InChI=1S/C29H33N3O5S/c33-28(31-21-25-14-9-18-30-20-25)27(17-16-23-10-3-1-4-11-23)37-29(34)26-15-7-8-19-32(26)38(35,36)22-24-12-5-2-6-13-24/h1-6,9-14,18,20,26-27H,7-8,15-17,19,21-22H2,(H,31,33)/t26-,27-/m0/s1. The number of carbonyl (C=O) groups is 2. The van der Waals surface area contributed by atoms with Crippen molar-refractivity contribution in [1.82, 2.24) is 14.6 Å². The molecule has 1 saturated heterocycles. The first-order valence-electron chi connectivity index (χ1n) is 12.9. The first-order chi connectivity index (χ1) is 18.4. The molecular formula is C29H33N3O5S. The first-order valence-corrected chi connectivity index (χ1v) is 14.5. The van der Waals surface area contributed by atoms with Crippen LogP contribution < -0.4 is 5.32 Å². The molecule has 200 valence electrons. The number of aromatic nitrogens is 1. The minimum atomic E-state index is -3.76. The summed E-state index contributed by atoms with van der Waals surface area (Å²) in [5.74, 6) is -1.30. The van der Waals surface area contributed by atoms with Gasteiger partial charge >= 0.3 is 5.97 Å². The van der Waals surface area contributed by atoms with Crippen LogP contribution in [-0.4, -0.2) is 48.3 Å². The molecule has 4 rings (SSSR count). The number of benzene rings is 2. The number of piperidine rings is 1. The highest BCUT2D eigenvalue weighted by Gasteiger charge is 2.39. The predicted octanol–water partition coefficient (Wildman–Crippen LogP) is 3.63. The molecule has 2 heterocycles. The molecule has 0 spiro atoms. The molecule has 1 N–H and O–H groups in total. The van der Waals surface area contributed by atoms with E-state index in [1.807, 2.05) is 42.5 Å². The van der Waals surface area contributed by atoms with Crippen molar-refractivity contribution in [2.45, 2.75) is 56.5 Å². The van der Waals surface area contributed by atoms with Crippen LogP contribution in [-0.2, 0) is 43.1 Å². The Labute approximate surface area is 224 Å². The van der Waals surface area contributed by atoms with E-state index >= 15 is 0 Å². The van der Waals surface area contributed by atoms with E-state index in [0.717, 1.165) is 11.1 Å². The van der Waals surface area contributed by atoms with E-state index < -0.39 is 34.0 Å². The fourth-order valence-electron chi connectivity index (χ4n) is 4.55. The maximum atomic E-state index is 13.4. The van der Waals surface area contributed by atoms with Gasteiger partial charge in [0, 0.05) is 25.5 Å². The van der Waals surface area contributed by atoms with E-state index in [0.29, 0.717) is 31.2 Å². The Balaban J connectivity index is 1.47. The molecule has 0 bridgehead atoms. The Morgan fingerprint density at radius 2 is 1.63 bits per heavy atom. The van der Waals surface area contributed by atoms with Gasteiger partial charge in [-0.2, -0.15) is 4.31 Å². The lowest BCUT2D eigenvalue weighted by Gasteiger charge is -2.34. The van der Waals surface area contributed by atoms with Crippen LogP contribution in [0.2, 0.25) is 0 Å². The Hall–Kier alpha value is -3.56. The zero-order valence-electron chi connectivity index (χ0n) is 21.2. The summed E-state index contributed by atoms with van der Waals surface area (Å²) >= 11 is 0. The molecule has 1 aliphatic rings. The Bertz CT molecular complexity index is 1290. The molecule has 0 radical (unpaired) electrons. The summed E-state index contributed by atoms with van der Waals surface area (Å²) in [7, 11) is -3.76. The largest absolute Gasteiger partial charge is 0.451 e. The number of ether oxygens (including phenoxy) is 1. The van der Waals surface area contributed by atoms with E-state index in [1.165, 1.54) is 4.31 Å². The third-order valence-corrected chi connectivity index (χ3v) is 8.40. The quantitative estimate of drug-likeness (QED) is 0.376. The van der Waals surface area contributed by atoms with Gasteiger partial charge in [-0.15, -0.1) is 0 Å². The maximum Gasteiger partial charge on any atom is 0.325 e. The third kappa shape index (κ3) is 7.72. The van der Waals surface area contributed by atoms with Crippen molar-refractivity contribution in [3.05, 3.63) is 102 Å². The molecule has 2 aromatic carbocycles. The number of esters is 1. The number of nitrogens with one attached hydrogen (secondary N) is 1. The van der Waals surface area contributed by atoms with Gasteiger partial charge in [0.25, 0.3) is 5.91 Å². The van der Waals surface area contributed by atoms with Gasteiger partial charge < -0.3 is 10.1 Å². The van der Waals surface area contributed by atoms with Crippen LogP contribution in [0.1, 0.15) is 42.4 Å². The molecule has 0 saturated carbocycles. The minimum absolute atomic E-state index is 0.194. The molecule has 1 amide bonds. The van der Waals surface area contributed by atoms with Crippen LogP contribution >= 0.6 is 0 Å². The second-order valence-electron chi connectivity index (χ2n) is 9.39. The fourth-order valence-corrected chi connectivity index (χ4v) is 6.32. The predicted molar refractivity (Wildman–Crippen MR) is 144 cm³/mol. The first kappa shape index (κ1) is 27.5. The lowest BCUT2D eigenvalue weighted by molar-refractivity contribution is -0.160. The summed E-state index contributed by atoms with van der Waals surface area (Å²) in [6.45, 7) is 0.490. The lowest BCUT2D eigenvalue weighted by Crippen LogP contribution is -2.50. The van der Waals surface area contributed by atoms with Crippen molar-refractivity contribution < 1.29 is 22.7 Å². The number of sulfonamides is 1. The smallest absolute Gasteiger partial charge is 0.325 e. The van der Waals surface area contributed by atoms with E-state index in [9.17, 15) is 18.0 Å². The molecule has 0 aliphatic carbocycles. The van der Waals surface area contributed by atoms with E-state index in [2.05, 4.69) is 10.3 Å². The van der Waals surface area contributed by atoms with Crippen LogP contribution in [0.5, 0.6) is 0 Å². The van der Waals surface area contributed by atoms with Crippen LogP contribution in [0.3, 0.4) is 0 Å². The second-order valence-corrected chi connectivity index (χ2v) is 11.3. The maximum absolute atomic E-state index is 13.4. The molecule has 9 heteroatoms. The van der Waals surface area contributed by atoms with Crippen molar-refractivity contribution in [3.8, 4) is 0 Å². The number of hydrogen-bond donors (Lipinski definition) is 1.